The molecule has 1 unspecified atom stereocenters. The number of sulfonamides is 1. The summed E-state index contributed by atoms with van der Waals surface area (Å²) in [5, 5.41) is 3.46. The average Bonchev–Trinajstić information content (AvgIpc) is 2.67. The summed E-state index contributed by atoms with van der Waals surface area (Å²) in [6.45, 7) is 2.86. The van der Waals surface area contributed by atoms with Crippen LogP contribution in [0.5, 0.6) is 0 Å². The van der Waals surface area contributed by atoms with E-state index in [-0.39, 0.29) is 16.8 Å². The fourth-order valence-corrected chi connectivity index (χ4v) is 5.05. The van der Waals surface area contributed by atoms with E-state index in [0.29, 0.717) is 23.7 Å². The van der Waals surface area contributed by atoms with Crippen LogP contribution in [0.4, 0.5) is 0 Å². The van der Waals surface area contributed by atoms with Crippen LogP contribution < -0.4 is 5.32 Å². The van der Waals surface area contributed by atoms with Gasteiger partial charge < -0.3 is 5.32 Å². The van der Waals surface area contributed by atoms with Crippen LogP contribution in [0.15, 0.2) is 53.4 Å². The molecule has 1 saturated heterocycles. The molecule has 0 spiro atoms. The number of hydrogen-bond acceptors (Lipinski definition) is 3. The number of carbonyl (C=O) groups is 1. The summed E-state index contributed by atoms with van der Waals surface area (Å²) in [5.74, 6) is -0.250. The lowest BCUT2D eigenvalue weighted by molar-refractivity contribution is 0.0951. The first-order valence-corrected chi connectivity index (χ1v) is 10.8. The van der Waals surface area contributed by atoms with Gasteiger partial charge in [-0.1, -0.05) is 30.2 Å². The highest BCUT2D eigenvalue weighted by Crippen LogP contribution is 2.25. The molecule has 7 heteroatoms. The Labute approximate surface area is 165 Å². The van der Waals surface area contributed by atoms with Crippen molar-refractivity contribution in [3.8, 4) is 0 Å². The molecule has 144 valence electrons. The molecule has 0 bridgehead atoms. The van der Waals surface area contributed by atoms with Crippen LogP contribution in [0.3, 0.4) is 0 Å². The molecule has 1 aliphatic rings. The summed E-state index contributed by atoms with van der Waals surface area (Å²) < 4.78 is 27.2. The molecule has 27 heavy (non-hydrogen) atoms. The van der Waals surface area contributed by atoms with E-state index in [0.717, 1.165) is 24.8 Å². The third-order valence-electron chi connectivity index (χ3n) is 4.83. The van der Waals surface area contributed by atoms with Crippen LogP contribution >= 0.6 is 11.6 Å². The molecule has 1 amide bonds. The lowest BCUT2D eigenvalue weighted by Crippen LogP contribution is -2.41. The lowest BCUT2D eigenvalue weighted by atomic mass is 10.1. The fourth-order valence-electron chi connectivity index (χ4n) is 3.23. The van der Waals surface area contributed by atoms with Crippen molar-refractivity contribution < 1.29 is 13.2 Å². The maximum atomic E-state index is 12.8. The first-order valence-electron chi connectivity index (χ1n) is 9.02. The first-order chi connectivity index (χ1) is 12.9. The second-order valence-corrected chi connectivity index (χ2v) is 9.12. The Morgan fingerprint density at radius 1 is 1.11 bits per heavy atom. The summed E-state index contributed by atoms with van der Waals surface area (Å²) in [4.78, 5) is 12.5. The van der Waals surface area contributed by atoms with E-state index in [1.807, 2.05) is 19.1 Å². The zero-order valence-corrected chi connectivity index (χ0v) is 16.8. The average molecular weight is 407 g/mol. The molecule has 1 N–H and O–H groups in total. The minimum atomic E-state index is -3.52. The van der Waals surface area contributed by atoms with Crippen LogP contribution in [-0.2, 0) is 16.6 Å². The summed E-state index contributed by atoms with van der Waals surface area (Å²) >= 11 is 5.85. The van der Waals surface area contributed by atoms with E-state index in [1.54, 1.807) is 28.6 Å². The Bertz CT molecular complexity index is 896. The Kier molecular flexibility index (Phi) is 6.19. The van der Waals surface area contributed by atoms with Gasteiger partial charge in [0.2, 0.25) is 10.0 Å². The molecule has 1 fully saturated rings. The molecule has 1 atom stereocenters. The Morgan fingerprint density at radius 2 is 1.78 bits per heavy atom. The van der Waals surface area contributed by atoms with E-state index < -0.39 is 10.0 Å². The lowest BCUT2D eigenvalue weighted by Gasteiger charge is -2.32. The van der Waals surface area contributed by atoms with Crippen LogP contribution in [0.25, 0.3) is 0 Å². The molecule has 0 aliphatic carbocycles. The third kappa shape index (κ3) is 4.69. The van der Waals surface area contributed by atoms with Gasteiger partial charge in [-0.3, -0.25) is 4.79 Å². The van der Waals surface area contributed by atoms with Gasteiger partial charge >= 0.3 is 0 Å². The molecule has 0 saturated carbocycles. The topological polar surface area (TPSA) is 66.5 Å². The maximum absolute atomic E-state index is 12.8. The van der Waals surface area contributed by atoms with Crippen molar-refractivity contribution in [3.05, 3.63) is 64.7 Å². The second-order valence-electron chi connectivity index (χ2n) is 6.79. The Balaban J connectivity index is 1.67. The smallest absolute Gasteiger partial charge is 0.251 e. The van der Waals surface area contributed by atoms with Crippen LogP contribution in [0.2, 0.25) is 5.02 Å². The van der Waals surface area contributed by atoms with Crippen LogP contribution in [0, 0.1) is 0 Å². The predicted molar refractivity (Wildman–Crippen MR) is 106 cm³/mol. The molecule has 2 aromatic carbocycles. The van der Waals surface area contributed by atoms with Crippen LogP contribution in [-0.4, -0.2) is 31.2 Å². The zero-order valence-electron chi connectivity index (χ0n) is 15.2. The standard InChI is InChI=1S/C20H23ClN2O3S/c1-15-4-2-3-13-23(15)27(25,26)19-11-7-17(8-12-19)20(24)22-14-16-5-9-18(21)10-6-16/h5-12,15H,2-4,13-14H2,1H3,(H,22,24). The fraction of sp³-hybridized carbons (Fsp3) is 0.350. The van der Waals surface area contributed by atoms with Gasteiger partial charge in [-0.15, -0.1) is 0 Å². The Morgan fingerprint density at radius 3 is 2.41 bits per heavy atom. The van der Waals surface area contributed by atoms with Crippen LogP contribution in [0.1, 0.15) is 42.1 Å². The maximum Gasteiger partial charge on any atom is 0.251 e. The van der Waals surface area contributed by atoms with Gasteiger partial charge in [-0.05, 0) is 61.7 Å². The molecule has 1 aliphatic heterocycles. The molecule has 3 rings (SSSR count). The molecule has 5 nitrogen and oxygen atoms in total. The highest BCUT2D eigenvalue weighted by atomic mass is 35.5. The van der Waals surface area contributed by atoms with Crippen molar-refractivity contribution in [2.75, 3.05) is 6.54 Å². The number of halogens is 1. The predicted octanol–water partition coefficient (Wildman–Crippen LogP) is 3.83. The number of piperidine rings is 1. The molecular formula is C20H23ClN2O3S. The summed E-state index contributed by atoms with van der Waals surface area (Å²) in [7, 11) is -3.52. The van der Waals surface area contributed by atoms with Gasteiger partial charge in [-0.2, -0.15) is 4.31 Å². The number of nitrogens with zero attached hydrogens (tertiary/aromatic N) is 1. The first kappa shape index (κ1) is 19.9. The SMILES string of the molecule is CC1CCCCN1S(=O)(=O)c1ccc(C(=O)NCc2ccc(Cl)cc2)cc1. The van der Waals surface area contributed by atoms with E-state index in [2.05, 4.69) is 5.32 Å². The molecular weight excluding hydrogens is 384 g/mol. The number of benzene rings is 2. The summed E-state index contributed by atoms with van der Waals surface area (Å²) in [5.41, 5.74) is 1.36. The molecule has 1 heterocycles. The minimum Gasteiger partial charge on any atom is -0.348 e. The van der Waals surface area contributed by atoms with Crippen molar-refractivity contribution in [1.82, 2.24) is 9.62 Å². The van der Waals surface area contributed by atoms with Crippen molar-refractivity contribution in [1.29, 1.82) is 0 Å². The normalized spacial score (nSPS) is 18.2. The summed E-state index contributed by atoms with van der Waals surface area (Å²) in [6, 6.07) is 13.4. The van der Waals surface area contributed by atoms with E-state index >= 15 is 0 Å². The molecule has 2 aromatic rings. The second kappa shape index (κ2) is 8.42. The van der Waals surface area contributed by atoms with Gasteiger partial charge in [0.1, 0.15) is 0 Å². The van der Waals surface area contributed by atoms with Crippen molar-refractivity contribution in [3.63, 3.8) is 0 Å². The highest BCUT2D eigenvalue weighted by molar-refractivity contribution is 7.89. The number of carbonyl (C=O) groups excluding carboxylic acids is 1. The van der Waals surface area contributed by atoms with Crippen molar-refractivity contribution in [2.24, 2.45) is 0 Å². The molecule has 0 aromatic heterocycles. The van der Waals surface area contributed by atoms with Gasteiger partial charge in [0.25, 0.3) is 5.91 Å². The van der Waals surface area contributed by atoms with Gasteiger partial charge in [-0.25, -0.2) is 8.42 Å². The van der Waals surface area contributed by atoms with Gasteiger partial charge in [0.15, 0.2) is 0 Å². The molecule has 0 radical (unpaired) electrons. The highest BCUT2D eigenvalue weighted by Gasteiger charge is 2.30. The minimum absolute atomic E-state index is 0.00565. The van der Waals surface area contributed by atoms with E-state index in [9.17, 15) is 13.2 Å². The van der Waals surface area contributed by atoms with Crippen molar-refractivity contribution >= 4 is 27.5 Å². The van der Waals surface area contributed by atoms with Crippen molar-refractivity contribution in [2.45, 2.75) is 43.7 Å². The summed E-state index contributed by atoms with van der Waals surface area (Å²) in [6.07, 6.45) is 2.82. The number of rotatable bonds is 5. The largest absolute Gasteiger partial charge is 0.348 e. The monoisotopic (exact) mass is 406 g/mol. The quantitative estimate of drug-likeness (QED) is 0.820. The number of nitrogens with one attached hydrogen (secondary N) is 1. The number of amides is 1. The van der Waals surface area contributed by atoms with E-state index in [4.69, 9.17) is 11.6 Å². The number of hydrogen-bond donors (Lipinski definition) is 1. The van der Waals surface area contributed by atoms with E-state index in [1.165, 1.54) is 12.1 Å². The van der Waals surface area contributed by atoms with Gasteiger partial charge in [0.05, 0.1) is 4.90 Å². The Hall–Kier alpha value is -1.89. The zero-order chi connectivity index (χ0) is 19.4. The third-order valence-corrected chi connectivity index (χ3v) is 7.11. The van der Waals surface area contributed by atoms with Gasteiger partial charge in [0, 0.05) is 29.7 Å².